The molecule has 0 spiro atoms. The van der Waals surface area contributed by atoms with Crippen molar-refractivity contribution < 1.29 is 0 Å². The SMILES string of the molecule is CC1CCC(C2CCC(C)(C#C/C=C/Cl)CC2)CC1. The molecule has 0 N–H and O–H groups in total. The van der Waals surface area contributed by atoms with Gasteiger partial charge in [-0.1, -0.05) is 43.2 Å². The summed E-state index contributed by atoms with van der Waals surface area (Å²) < 4.78 is 0. The molecule has 0 aromatic rings. The first-order chi connectivity index (χ1) is 9.13. The zero-order valence-corrected chi connectivity index (χ0v) is 13.2. The standard InChI is InChI=1S/C18H27Cl/c1-15-5-7-16(8-6-15)17-9-12-18(2,13-10-17)11-3-4-14-19/h4,14-17H,5-10,12-13H2,1-2H3/b14-4+. The van der Waals surface area contributed by atoms with Gasteiger partial charge < -0.3 is 0 Å². The Bertz CT molecular complexity index is 355. The average Bonchev–Trinajstić information content (AvgIpc) is 2.41. The summed E-state index contributed by atoms with van der Waals surface area (Å²) in [6.07, 6.45) is 12.9. The fourth-order valence-corrected chi connectivity index (χ4v) is 3.94. The Morgan fingerprint density at radius 1 is 1.00 bits per heavy atom. The lowest BCUT2D eigenvalue weighted by atomic mass is 9.65. The lowest BCUT2D eigenvalue weighted by Crippen LogP contribution is -2.29. The van der Waals surface area contributed by atoms with E-state index >= 15 is 0 Å². The molecule has 2 aliphatic carbocycles. The zero-order valence-electron chi connectivity index (χ0n) is 12.4. The van der Waals surface area contributed by atoms with Crippen LogP contribution in [0.2, 0.25) is 0 Å². The quantitative estimate of drug-likeness (QED) is 0.535. The Balaban J connectivity index is 1.84. The number of hydrogen-bond acceptors (Lipinski definition) is 0. The molecule has 0 radical (unpaired) electrons. The molecule has 2 fully saturated rings. The van der Waals surface area contributed by atoms with Crippen LogP contribution in [0.15, 0.2) is 11.6 Å². The maximum Gasteiger partial charge on any atom is 0.0290 e. The summed E-state index contributed by atoms with van der Waals surface area (Å²) in [7, 11) is 0. The van der Waals surface area contributed by atoms with E-state index in [9.17, 15) is 0 Å². The molecule has 0 aliphatic heterocycles. The highest BCUT2D eigenvalue weighted by atomic mass is 35.5. The van der Waals surface area contributed by atoms with Crippen LogP contribution in [0.5, 0.6) is 0 Å². The van der Waals surface area contributed by atoms with Crippen LogP contribution in [0.3, 0.4) is 0 Å². The molecule has 1 heteroatoms. The Morgan fingerprint density at radius 2 is 1.58 bits per heavy atom. The van der Waals surface area contributed by atoms with E-state index in [0.29, 0.717) is 0 Å². The first-order valence-electron chi connectivity index (χ1n) is 7.91. The summed E-state index contributed by atoms with van der Waals surface area (Å²) in [4.78, 5) is 0. The van der Waals surface area contributed by atoms with E-state index in [2.05, 4.69) is 25.7 Å². The number of allylic oxidation sites excluding steroid dienone is 1. The molecule has 0 atom stereocenters. The fourth-order valence-electron chi connectivity index (χ4n) is 3.88. The molecule has 0 heterocycles. The minimum atomic E-state index is 0.231. The molecule has 19 heavy (non-hydrogen) atoms. The maximum absolute atomic E-state index is 5.52. The minimum absolute atomic E-state index is 0.231. The van der Waals surface area contributed by atoms with Gasteiger partial charge in [-0.25, -0.2) is 0 Å². The second kappa shape index (κ2) is 6.85. The summed E-state index contributed by atoms with van der Waals surface area (Å²) in [5.41, 5.74) is 1.74. The van der Waals surface area contributed by atoms with Crippen LogP contribution in [0.1, 0.15) is 65.2 Å². The topological polar surface area (TPSA) is 0 Å². The second-order valence-electron chi connectivity index (χ2n) is 6.98. The molecule has 0 nitrogen and oxygen atoms in total. The van der Waals surface area contributed by atoms with E-state index in [0.717, 1.165) is 17.8 Å². The Hall–Kier alpha value is -0.410. The molecular formula is C18H27Cl. The van der Waals surface area contributed by atoms with Crippen LogP contribution in [0.25, 0.3) is 0 Å². The lowest BCUT2D eigenvalue weighted by Gasteiger charge is -2.39. The van der Waals surface area contributed by atoms with E-state index in [1.165, 1.54) is 56.9 Å². The third kappa shape index (κ3) is 4.28. The highest BCUT2D eigenvalue weighted by Crippen LogP contribution is 2.45. The number of halogens is 1. The van der Waals surface area contributed by atoms with Gasteiger partial charge in [0.25, 0.3) is 0 Å². The van der Waals surface area contributed by atoms with E-state index < -0.39 is 0 Å². The third-order valence-corrected chi connectivity index (χ3v) is 5.51. The Morgan fingerprint density at radius 3 is 2.16 bits per heavy atom. The normalized spacial score (nSPS) is 39.8. The van der Waals surface area contributed by atoms with Gasteiger partial charge in [-0.05, 0) is 69.3 Å². The second-order valence-corrected chi connectivity index (χ2v) is 7.23. The molecule has 2 aliphatic rings. The number of hydrogen-bond donors (Lipinski definition) is 0. The van der Waals surface area contributed by atoms with E-state index in [1.54, 1.807) is 6.08 Å². The first-order valence-corrected chi connectivity index (χ1v) is 8.34. The van der Waals surface area contributed by atoms with Gasteiger partial charge in [-0.2, -0.15) is 0 Å². The summed E-state index contributed by atoms with van der Waals surface area (Å²) in [6.45, 7) is 4.73. The Kier molecular flexibility index (Phi) is 5.40. The molecule has 0 bridgehead atoms. The van der Waals surface area contributed by atoms with Gasteiger partial charge in [-0.3, -0.25) is 0 Å². The van der Waals surface area contributed by atoms with Crippen LogP contribution in [-0.2, 0) is 0 Å². The van der Waals surface area contributed by atoms with Crippen molar-refractivity contribution >= 4 is 11.6 Å². The van der Waals surface area contributed by atoms with Gasteiger partial charge in [0.1, 0.15) is 0 Å². The summed E-state index contributed by atoms with van der Waals surface area (Å²) in [5.74, 6) is 9.45. The van der Waals surface area contributed by atoms with E-state index in [1.807, 2.05) is 0 Å². The van der Waals surface area contributed by atoms with Crippen molar-refractivity contribution in [1.82, 2.24) is 0 Å². The molecule has 106 valence electrons. The van der Waals surface area contributed by atoms with Crippen molar-refractivity contribution in [3.63, 3.8) is 0 Å². The van der Waals surface area contributed by atoms with Gasteiger partial charge in [0, 0.05) is 11.0 Å². The predicted octanol–water partition coefficient (Wildman–Crippen LogP) is 5.77. The van der Waals surface area contributed by atoms with Gasteiger partial charge in [0.15, 0.2) is 0 Å². The Labute approximate surface area is 124 Å². The van der Waals surface area contributed by atoms with Gasteiger partial charge >= 0.3 is 0 Å². The summed E-state index contributed by atoms with van der Waals surface area (Å²) in [5, 5.41) is 0. The van der Waals surface area contributed by atoms with Crippen molar-refractivity contribution in [2.45, 2.75) is 65.2 Å². The van der Waals surface area contributed by atoms with Crippen molar-refractivity contribution in [2.24, 2.45) is 23.2 Å². The highest BCUT2D eigenvalue weighted by molar-refractivity contribution is 6.25. The zero-order chi connectivity index (χ0) is 13.7. The van der Waals surface area contributed by atoms with Crippen molar-refractivity contribution in [2.75, 3.05) is 0 Å². The van der Waals surface area contributed by atoms with Crippen LogP contribution in [0.4, 0.5) is 0 Å². The van der Waals surface area contributed by atoms with Crippen molar-refractivity contribution in [3.05, 3.63) is 11.6 Å². The monoisotopic (exact) mass is 278 g/mol. The molecule has 0 unspecified atom stereocenters. The number of rotatable bonds is 1. The van der Waals surface area contributed by atoms with Crippen LogP contribution >= 0.6 is 11.6 Å². The maximum atomic E-state index is 5.52. The predicted molar refractivity (Wildman–Crippen MR) is 84.0 cm³/mol. The van der Waals surface area contributed by atoms with Crippen molar-refractivity contribution in [1.29, 1.82) is 0 Å². The molecule has 2 rings (SSSR count). The molecular weight excluding hydrogens is 252 g/mol. The molecule has 0 saturated heterocycles. The smallest absolute Gasteiger partial charge is 0.0290 e. The fraction of sp³-hybridized carbons (Fsp3) is 0.778. The third-order valence-electron chi connectivity index (χ3n) is 5.38. The average molecular weight is 279 g/mol. The largest absolute Gasteiger partial charge is 0.0923 e. The lowest BCUT2D eigenvalue weighted by molar-refractivity contribution is 0.134. The van der Waals surface area contributed by atoms with Crippen LogP contribution < -0.4 is 0 Å². The summed E-state index contributed by atoms with van der Waals surface area (Å²) in [6, 6.07) is 0. The molecule has 2 saturated carbocycles. The van der Waals surface area contributed by atoms with Gasteiger partial charge in [0.05, 0.1) is 0 Å². The molecule has 0 aromatic heterocycles. The molecule has 0 aromatic carbocycles. The minimum Gasteiger partial charge on any atom is -0.0923 e. The van der Waals surface area contributed by atoms with Crippen LogP contribution in [0, 0.1) is 35.0 Å². The van der Waals surface area contributed by atoms with E-state index in [4.69, 9.17) is 11.6 Å². The van der Waals surface area contributed by atoms with E-state index in [-0.39, 0.29) is 5.41 Å². The first kappa shape index (κ1) is 15.0. The molecule has 0 amide bonds. The van der Waals surface area contributed by atoms with Gasteiger partial charge in [0.2, 0.25) is 0 Å². The highest BCUT2D eigenvalue weighted by Gasteiger charge is 2.34. The van der Waals surface area contributed by atoms with Crippen molar-refractivity contribution in [3.8, 4) is 11.8 Å². The van der Waals surface area contributed by atoms with Gasteiger partial charge in [-0.15, -0.1) is 0 Å². The summed E-state index contributed by atoms with van der Waals surface area (Å²) >= 11 is 5.52. The van der Waals surface area contributed by atoms with Crippen LogP contribution in [-0.4, -0.2) is 0 Å².